The monoisotopic (exact) mass is 253 g/mol. The summed E-state index contributed by atoms with van der Waals surface area (Å²) in [6.45, 7) is 1.10. The Kier molecular flexibility index (Phi) is 2.87. The molecule has 3 rings (SSSR count). The fraction of sp³-hybridized carbons (Fsp3) is 0.571. The molecule has 0 amide bonds. The van der Waals surface area contributed by atoms with Crippen LogP contribution in [0.5, 0.6) is 0 Å². The Balaban J connectivity index is 1.62. The Labute approximate surface area is 106 Å². The molecule has 1 aromatic carbocycles. The van der Waals surface area contributed by atoms with Crippen LogP contribution >= 0.6 is 11.6 Å². The van der Waals surface area contributed by atoms with Crippen LogP contribution in [0.1, 0.15) is 31.2 Å². The molecule has 2 fully saturated rings. The van der Waals surface area contributed by atoms with Crippen molar-refractivity contribution in [2.75, 3.05) is 6.54 Å². The maximum Gasteiger partial charge on any atom is 0.141 e. The van der Waals surface area contributed by atoms with Crippen LogP contribution in [0.25, 0.3) is 0 Å². The third-order valence-electron chi connectivity index (χ3n) is 3.86. The van der Waals surface area contributed by atoms with Gasteiger partial charge in [-0.15, -0.1) is 0 Å². The molecule has 0 unspecified atom stereocenters. The summed E-state index contributed by atoms with van der Waals surface area (Å²) < 4.78 is 13.1. The topological polar surface area (TPSA) is 12.0 Å². The lowest BCUT2D eigenvalue weighted by atomic mass is 9.96. The second-order valence-electron chi connectivity index (χ2n) is 5.58. The average molecular weight is 254 g/mol. The number of nitrogens with one attached hydrogen (secondary N) is 1. The van der Waals surface area contributed by atoms with Crippen molar-refractivity contribution in [1.82, 2.24) is 5.32 Å². The van der Waals surface area contributed by atoms with E-state index in [1.807, 2.05) is 6.07 Å². The Hall–Kier alpha value is -0.600. The zero-order valence-corrected chi connectivity index (χ0v) is 10.6. The van der Waals surface area contributed by atoms with E-state index in [2.05, 4.69) is 5.32 Å². The number of rotatable bonds is 5. The molecule has 2 saturated carbocycles. The molecule has 2 aliphatic rings. The van der Waals surface area contributed by atoms with E-state index < -0.39 is 0 Å². The van der Waals surface area contributed by atoms with Crippen molar-refractivity contribution < 1.29 is 4.39 Å². The van der Waals surface area contributed by atoms with Crippen molar-refractivity contribution in [1.29, 1.82) is 0 Å². The summed E-state index contributed by atoms with van der Waals surface area (Å²) in [5, 5.41) is 3.84. The van der Waals surface area contributed by atoms with Gasteiger partial charge < -0.3 is 5.32 Å². The highest BCUT2D eigenvalue weighted by molar-refractivity contribution is 6.30. The van der Waals surface area contributed by atoms with Gasteiger partial charge in [-0.05, 0) is 55.2 Å². The highest BCUT2D eigenvalue weighted by Gasteiger charge is 2.43. The minimum absolute atomic E-state index is 0.244. The lowest BCUT2D eigenvalue weighted by Crippen LogP contribution is -2.27. The van der Waals surface area contributed by atoms with Crippen LogP contribution < -0.4 is 5.32 Å². The summed E-state index contributed by atoms with van der Waals surface area (Å²) >= 11 is 5.81. The maximum absolute atomic E-state index is 13.1. The number of benzene rings is 1. The smallest absolute Gasteiger partial charge is 0.141 e. The van der Waals surface area contributed by atoms with E-state index in [4.69, 9.17) is 11.6 Å². The van der Waals surface area contributed by atoms with Crippen molar-refractivity contribution in [2.24, 2.45) is 5.41 Å². The van der Waals surface area contributed by atoms with E-state index in [-0.39, 0.29) is 10.8 Å². The molecule has 17 heavy (non-hydrogen) atoms. The fourth-order valence-corrected chi connectivity index (χ4v) is 2.53. The molecule has 0 bridgehead atoms. The highest BCUT2D eigenvalue weighted by atomic mass is 35.5. The molecule has 2 aliphatic carbocycles. The average Bonchev–Trinajstić information content (AvgIpc) is 3.17. The molecule has 1 nitrogen and oxygen atoms in total. The molecule has 92 valence electrons. The van der Waals surface area contributed by atoms with Crippen molar-refractivity contribution in [2.45, 2.75) is 38.1 Å². The summed E-state index contributed by atoms with van der Waals surface area (Å²) in [4.78, 5) is 0. The Morgan fingerprint density at radius 3 is 2.71 bits per heavy atom. The zero-order valence-electron chi connectivity index (χ0n) is 9.81. The first-order chi connectivity index (χ1) is 8.17. The van der Waals surface area contributed by atoms with Gasteiger partial charge in [0.1, 0.15) is 5.82 Å². The normalized spacial score (nSPS) is 21.5. The van der Waals surface area contributed by atoms with Gasteiger partial charge in [-0.1, -0.05) is 17.7 Å². The lowest BCUT2D eigenvalue weighted by Gasteiger charge is -2.16. The largest absolute Gasteiger partial charge is 0.313 e. The number of halogens is 2. The zero-order chi connectivity index (χ0) is 11.9. The predicted molar refractivity (Wildman–Crippen MR) is 67.8 cm³/mol. The van der Waals surface area contributed by atoms with Gasteiger partial charge in [-0.25, -0.2) is 4.39 Å². The first-order valence-electron chi connectivity index (χ1n) is 6.34. The molecule has 3 heteroatoms. The molecule has 0 aromatic heterocycles. The number of hydrogen-bond donors (Lipinski definition) is 1. The van der Waals surface area contributed by atoms with Crippen molar-refractivity contribution in [3.05, 3.63) is 34.6 Å². The van der Waals surface area contributed by atoms with E-state index in [1.54, 1.807) is 6.07 Å². The first kappa shape index (κ1) is 11.5. The third-order valence-corrected chi connectivity index (χ3v) is 4.15. The molecule has 1 aromatic rings. The van der Waals surface area contributed by atoms with E-state index in [9.17, 15) is 4.39 Å². The van der Waals surface area contributed by atoms with E-state index in [1.165, 1.54) is 31.7 Å². The second kappa shape index (κ2) is 4.25. The fourth-order valence-electron chi connectivity index (χ4n) is 2.32. The summed E-state index contributed by atoms with van der Waals surface area (Å²) in [6.07, 6.45) is 6.24. The van der Waals surface area contributed by atoms with Gasteiger partial charge in [0.25, 0.3) is 0 Å². The molecule has 0 heterocycles. The van der Waals surface area contributed by atoms with Crippen molar-refractivity contribution >= 4 is 11.6 Å². The van der Waals surface area contributed by atoms with Crippen LogP contribution in [0.2, 0.25) is 5.02 Å². The van der Waals surface area contributed by atoms with Crippen LogP contribution in [0, 0.1) is 11.2 Å². The highest BCUT2D eigenvalue weighted by Crippen LogP contribution is 2.48. The third kappa shape index (κ3) is 2.80. The van der Waals surface area contributed by atoms with Crippen LogP contribution in [0.3, 0.4) is 0 Å². The molecule has 0 spiro atoms. The number of hydrogen-bond acceptors (Lipinski definition) is 1. The molecular weight excluding hydrogens is 237 g/mol. The van der Waals surface area contributed by atoms with Crippen molar-refractivity contribution in [3.63, 3.8) is 0 Å². The molecular formula is C14H17ClFN. The van der Waals surface area contributed by atoms with Crippen LogP contribution in [0.4, 0.5) is 4.39 Å². The summed E-state index contributed by atoms with van der Waals surface area (Å²) in [6, 6.07) is 5.87. The Morgan fingerprint density at radius 1 is 1.35 bits per heavy atom. The minimum atomic E-state index is -0.323. The Morgan fingerprint density at radius 2 is 2.12 bits per heavy atom. The summed E-state index contributed by atoms with van der Waals surface area (Å²) in [5.74, 6) is -0.323. The molecule has 0 atom stereocenters. The van der Waals surface area contributed by atoms with Gasteiger partial charge in [-0.3, -0.25) is 0 Å². The molecule has 0 saturated heterocycles. The van der Waals surface area contributed by atoms with E-state index in [0.29, 0.717) is 5.41 Å². The predicted octanol–water partition coefficient (Wildman–Crippen LogP) is 3.55. The van der Waals surface area contributed by atoms with E-state index in [0.717, 1.165) is 24.6 Å². The van der Waals surface area contributed by atoms with Gasteiger partial charge >= 0.3 is 0 Å². The van der Waals surface area contributed by atoms with Gasteiger partial charge in [0, 0.05) is 12.6 Å². The molecule has 0 aliphatic heterocycles. The van der Waals surface area contributed by atoms with Gasteiger partial charge in [0.05, 0.1) is 5.02 Å². The maximum atomic E-state index is 13.1. The second-order valence-corrected chi connectivity index (χ2v) is 5.99. The lowest BCUT2D eigenvalue weighted by molar-refractivity contribution is 0.453. The van der Waals surface area contributed by atoms with Crippen LogP contribution in [-0.4, -0.2) is 12.6 Å². The summed E-state index contributed by atoms with van der Waals surface area (Å²) in [7, 11) is 0. The SMILES string of the molecule is Fc1ccc(CC2(CNC3CC3)CC2)cc1Cl. The van der Waals surface area contributed by atoms with Crippen LogP contribution in [0.15, 0.2) is 18.2 Å². The molecule has 1 N–H and O–H groups in total. The van der Waals surface area contributed by atoms with Gasteiger partial charge in [0.15, 0.2) is 0 Å². The van der Waals surface area contributed by atoms with Crippen molar-refractivity contribution in [3.8, 4) is 0 Å². The summed E-state index contributed by atoms with van der Waals surface area (Å²) in [5.41, 5.74) is 1.58. The quantitative estimate of drug-likeness (QED) is 0.846. The standard InChI is InChI=1S/C14H17ClFN/c15-12-7-10(1-4-13(12)16)8-14(5-6-14)9-17-11-2-3-11/h1,4,7,11,17H,2-3,5-6,8-9H2. The molecule has 0 radical (unpaired) electrons. The van der Waals surface area contributed by atoms with E-state index >= 15 is 0 Å². The Bertz CT molecular complexity index is 424. The van der Waals surface area contributed by atoms with Crippen LogP contribution in [-0.2, 0) is 6.42 Å². The van der Waals surface area contributed by atoms with Gasteiger partial charge in [-0.2, -0.15) is 0 Å². The van der Waals surface area contributed by atoms with Gasteiger partial charge in [0.2, 0.25) is 0 Å². The first-order valence-corrected chi connectivity index (χ1v) is 6.72. The minimum Gasteiger partial charge on any atom is -0.313 e.